The van der Waals surface area contributed by atoms with E-state index in [0.717, 1.165) is 5.69 Å². The summed E-state index contributed by atoms with van der Waals surface area (Å²) in [6.07, 6.45) is 1.50. The van der Waals surface area contributed by atoms with Crippen molar-refractivity contribution in [1.82, 2.24) is 4.57 Å². The van der Waals surface area contributed by atoms with Gasteiger partial charge in [-0.25, -0.2) is 4.39 Å². The van der Waals surface area contributed by atoms with Gasteiger partial charge in [0.15, 0.2) is 0 Å². The van der Waals surface area contributed by atoms with Crippen molar-refractivity contribution in [2.24, 2.45) is 7.05 Å². The number of nitrogens with zero attached hydrogens (tertiary/aromatic N) is 3. The largest absolute Gasteiger partial charge is 0.371 e. The summed E-state index contributed by atoms with van der Waals surface area (Å²) >= 11 is 0. The number of carbonyl (C=O) groups excluding carboxylic acids is 1. The summed E-state index contributed by atoms with van der Waals surface area (Å²) in [6, 6.07) is 7.28. The predicted octanol–water partition coefficient (Wildman–Crippen LogP) is 1.62. The van der Waals surface area contributed by atoms with Gasteiger partial charge in [-0.15, -0.1) is 0 Å². The lowest BCUT2D eigenvalue weighted by molar-refractivity contribution is 0.0986. The fourth-order valence-corrected chi connectivity index (χ4v) is 2.61. The smallest absolute Gasteiger partial charge is 0.259 e. The fourth-order valence-electron chi connectivity index (χ4n) is 2.61. The van der Waals surface area contributed by atoms with Crippen molar-refractivity contribution in [1.29, 1.82) is 0 Å². The van der Waals surface area contributed by atoms with Crippen LogP contribution >= 0.6 is 0 Å². The van der Waals surface area contributed by atoms with Gasteiger partial charge in [-0.3, -0.25) is 9.59 Å². The maximum Gasteiger partial charge on any atom is 0.259 e. The minimum Gasteiger partial charge on any atom is -0.371 e. The van der Waals surface area contributed by atoms with E-state index in [9.17, 15) is 14.0 Å². The van der Waals surface area contributed by atoms with Crippen molar-refractivity contribution in [2.75, 3.05) is 29.9 Å². The predicted molar refractivity (Wildman–Crippen MR) is 83.0 cm³/mol. The molecule has 114 valence electrons. The molecular formula is C16H16FN3O2. The van der Waals surface area contributed by atoms with E-state index >= 15 is 0 Å². The van der Waals surface area contributed by atoms with Gasteiger partial charge in [-0.05, 0) is 24.3 Å². The van der Waals surface area contributed by atoms with Gasteiger partial charge in [0, 0.05) is 39.4 Å². The van der Waals surface area contributed by atoms with Crippen molar-refractivity contribution >= 4 is 17.3 Å². The van der Waals surface area contributed by atoms with Crippen molar-refractivity contribution in [3.05, 3.63) is 58.3 Å². The molecule has 22 heavy (non-hydrogen) atoms. The molecule has 0 bridgehead atoms. The average Bonchev–Trinajstić information content (AvgIpc) is 2.49. The topological polar surface area (TPSA) is 45.6 Å². The molecule has 1 amide bonds. The molecule has 0 atom stereocenters. The first-order valence-electron chi connectivity index (χ1n) is 6.96. The van der Waals surface area contributed by atoms with Crippen molar-refractivity contribution in [3.63, 3.8) is 0 Å². The zero-order valence-corrected chi connectivity index (χ0v) is 12.4. The summed E-state index contributed by atoms with van der Waals surface area (Å²) in [4.78, 5) is 27.7. The van der Waals surface area contributed by atoms with Gasteiger partial charge in [0.1, 0.15) is 5.82 Å². The van der Waals surface area contributed by atoms with E-state index in [-0.39, 0.29) is 17.3 Å². The van der Waals surface area contributed by atoms with Gasteiger partial charge in [0.05, 0.1) is 16.9 Å². The second kappa shape index (κ2) is 5.29. The van der Waals surface area contributed by atoms with Crippen LogP contribution in [0.2, 0.25) is 0 Å². The third kappa shape index (κ3) is 2.36. The first kappa shape index (κ1) is 14.3. The van der Waals surface area contributed by atoms with Crippen LogP contribution in [-0.2, 0) is 7.05 Å². The molecule has 0 saturated carbocycles. The Labute approximate surface area is 127 Å². The first-order chi connectivity index (χ1) is 10.5. The molecule has 1 aromatic carbocycles. The first-order valence-corrected chi connectivity index (χ1v) is 6.96. The minimum absolute atomic E-state index is 0.179. The number of halogens is 1. The van der Waals surface area contributed by atoms with Crippen LogP contribution in [0.15, 0.2) is 41.3 Å². The second-order valence-electron chi connectivity index (χ2n) is 5.38. The Balaban J connectivity index is 2.04. The summed E-state index contributed by atoms with van der Waals surface area (Å²) in [7, 11) is 3.50. The van der Waals surface area contributed by atoms with E-state index in [1.165, 1.54) is 35.0 Å². The number of pyridine rings is 1. The van der Waals surface area contributed by atoms with E-state index in [1.807, 2.05) is 11.9 Å². The van der Waals surface area contributed by atoms with Crippen LogP contribution in [-0.4, -0.2) is 30.6 Å². The van der Waals surface area contributed by atoms with E-state index < -0.39 is 0 Å². The normalized spacial score (nSPS) is 14.0. The number of benzene rings is 1. The summed E-state index contributed by atoms with van der Waals surface area (Å²) in [5.74, 6) is -0.622. The molecule has 6 heteroatoms. The van der Waals surface area contributed by atoms with Crippen LogP contribution in [0.3, 0.4) is 0 Å². The monoisotopic (exact) mass is 301 g/mol. The molecule has 0 aliphatic carbocycles. The molecule has 0 saturated heterocycles. The number of anilines is 2. The number of hydrogen-bond donors (Lipinski definition) is 0. The highest BCUT2D eigenvalue weighted by Crippen LogP contribution is 2.33. The molecule has 5 nitrogen and oxygen atoms in total. The fraction of sp³-hybridized carbons (Fsp3) is 0.250. The Hall–Kier alpha value is -2.63. The molecule has 2 heterocycles. The van der Waals surface area contributed by atoms with Gasteiger partial charge in [0.25, 0.3) is 5.91 Å². The third-order valence-corrected chi connectivity index (χ3v) is 3.88. The molecule has 3 rings (SSSR count). The summed E-state index contributed by atoms with van der Waals surface area (Å²) in [5, 5.41) is 0. The number of hydrogen-bond acceptors (Lipinski definition) is 3. The van der Waals surface area contributed by atoms with Gasteiger partial charge in [-0.2, -0.15) is 0 Å². The Morgan fingerprint density at radius 3 is 2.59 bits per heavy atom. The Morgan fingerprint density at radius 2 is 1.86 bits per heavy atom. The Morgan fingerprint density at radius 1 is 1.09 bits per heavy atom. The number of amides is 1. The molecule has 0 N–H and O–H groups in total. The maximum absolute atomic E-state index is 13.6. The zero-order chi connectivity index (χ0) is 15.9. The van der Waals surface area contributed by atoms with E-state index in [1.54, 1.807) is 18.0 Å². The van der Waals surface area contributed by atoms with Gasteiger partial charge >= 0.3 is 0 Å². The molecule has 2 aromatic rings. The summed E-state index contributed by atoms with van der Waals surface area (Å²) < 4.78 is 14.9. The number of rotatable bonds is 1. The minimum atomic E-state index is -0.382. The Bertz CT molecular complexity index is 800. The van der Waals surface area contributed by atoms with E-state index in [2.05, 4.69) is 0 Å². The number of aryl methyl sites for hydroxylation is 1. The van der Waals surface area contributed by atoms with Crippen LogP contribution in [0.1, 0.15) is 10.4 Å². The van der Waals surface area contributed by atoms with E-state index in [4.69, 9.17) is 0 Å². The standard InChI is InChI=1S/C16H16FN3O2/c1-18-7-8-20(14-9-12(17)4-5-13(14)18)16(22)11-3-6-15(21)19(2)10-11/h3-6,9-10H,7-8H2,1-2H3. The third-order valence-electron chi connectivity index (χ3n) is 3.88. The lowest BCUT2D eigenvalue weighted by Gasteiger charge is -2.35. The van der Waals surface area contributed by atoms with Crippen molar-refractivity contribution < 1.29 is 9.18 Å². The van der Waals surface area contributed by atoms with Crippen LogP contribution in [0.5, 0.6) is 0 Å². The molecule has 1 aromatic heterocycles. The van der Waals surface area contributed by atoms with Crippen molar-refractivity contribution in [2.45, 2.75) is 0 Å². The Kier molecular flexibility index (Phi) is 3.44. The lowest BCUT2D eigenvalue weighted by Crippen LogP contribution is -2.43. The highest BCUT2D eigenvalue weighted by atomic mass is 19.1. The van der Waals surface area contributed by atoms with Gasteiger partial charge < -0.3 is 14.4 Å². The average molecular weight is 301 g/mol. The van der Waals surface area contributed by atoms with Crippen LogP contribution in [0, 0.1) is 5.82 Å². The van der Waals surface area contributed by atoms with Crippen LogP contribution in [0.25, 0.3) is 0 Å². The van der Waals surface area contributed by atoms with E-state index in [0.29, 0.717) is 24.3 Å². The van der Waals surface area contributed by atoms with Crippen molar-refractivity contribution in [3.8, 4) is 0 Å². The molecule has 0 radical (unpaired) electrons. The van der Waals surface area contributed by atoms with Gasteiger partial charge in [0.2, 0.25) is 5.56 Å². The van der Waals surface area contributed by atoms with Crippen LogP contribution in [0.4, 0.5) is 15.8 Å². The molecule has 0 fully saturated rings. The number of likely N-dealkylation sites (N-methyl/N-ethyl adjacent to an activating group) is 1. The summed E-state index contributed by atoms with van der Waals surface area (Å²) in [6.45, 7) is 1.13. The summed E-state index contributed by atoms with van der Waals surface area (Å²) in [5.41, 5.74) is 1.58. The maximum atomic E-state index is 13.6. The quantitative estimate of drug-likeness (QED) is 0.804. The SMILES string of the molecule is CN1CCN(C(=O)c2ccc(=O)n(C)c2)c2cc(F)ccc21. The number of aromatic nitrogens is 1. The number of fused-ring (bicyclic) bond motifs is 1. The molecule has 1 aliphatic heterocycles. The highest BCUT2D eigenvalue weighted by Gasteiger charge is 2.26. The van der Waals surface area contributed by atoms with Gasteiger partial charge in [-0.1, -0.05) is 0 Å². The zero-order valence-electron chi connectivity index (χ0n) is 12.4. The lowest BCUT2D eigenvalue weighted by atomic mass is 10.1. The molecule has 1 aliphatic rings. The molecule has 0 unspecified atom stereocenters. The molecular weight excluding hydrogens is 285 g/mol. The van der Waals surface area contributed by atoms with Crippen LogP contribution < -0.4 is 15.4 Å². The number of carbonyl (C=O) groups is 1. The second-order valence-corrected chi connectivity index (χ2v) is 5.38. The molecule has 0 spiro atoms. The highest BCUT2D eigenvalue weighted by molar-refractivity contribution is 6.08.